The van der Waals surface area contributed by atoms with Gasteiger partial charge in [0.25, 0.3) is 5.91 Å². The van der Waals surface area contributed by atoms with E-state index in [-0.39, 0.29) is 57.0 Å². The molecule has 0 aromatic heterocycles. The standard InChI is InChI=1S/C38H50FN5O10S/c1-7-24-18-38(24,34(48)42-55(51,52)27-14-15-27)41-32(46)31-17-26(53-36(50)43-19-23-9-8-10-29(39)28(23)21-43)20-44(31)33(47)30(40-35(49)54-37(4,5)6)16-13-25(45)12-11-22(2)3/h7-12,22,24,26-27,30-31H,1,13-21H2,2-6H3,(H,40,49)(H,41,46)(H,42,48)/b12-11+/t24-,26-,30+,31+,38-/m1/s1. The molecule has 1 saturated heterocycles. The van der Waals surface area contributed by atoms with Crippen LogP contribution in [0.3, 0.4) is 0 Å². The molecule has 5 amide bonds. The van der Waals surface area contributed by atoms with Crippen molar-refractivity contribution in [2.75, 3.05) is 6.54 Å². The minimum atomic E-state index is -3.97. The number of likely N-dealkylation sites (tertiary alicyclic amines) is 1. The molecular weight excluding hydrogens is 738 g/mol. The summed E-state index contributed by atoms with van der Waals surface area (Å²) in [4.78, 5) is 83.5. The van der Waals surface area contributed by atoms with Gasteiger partial charge >= 0.3 is 12.2 Å². The molecule has 3 fully saturated rings. The van der Waals surface area contributed by atoms with E-state index in [4.69, 9.17) is 9.47 Å². The smallest absolute Gasteiger partial charge is 0.410 e. The van der Waals surface area contributed by atoms with E-state index in [1.54, 1.807) is 32.9 Å². The van der Waals surface area contributed by atoms with Gasteiger partial charge in [-0.05, 0) is 70.1 Å². The van der Waals surface area contributed by atoms with Crippen molar-refractivity contribution in [1.82, 2.24) is 25.2 Å². The molecule has 55 heavy (non-hydrogen) atoms. The highest BCUT2D eigenvalue weighted by molar-refractivity contribution is 7.91. The van der Waals surface area contributed by atoms with Crippen LogP contribution in [-0.4, -0.2) is 95.0 Å². The number of benzene rings is 1. The molecule has 2 saturated carbocycles. The Kier molecular flexibility index (Phi) is 12.1. The molecule has 0 unspecified atom stereocenters. The zero-order valence-corrected chi connectivity index (χ0v) is 32.6. The van der Waals surface area contributed by atoms with Crippen LogP contribution in [0.5, 0.6) is 0 Å². The number of carbonyl (C=O) groups excluding carboxylic acids is 6. The van der Waals surface area contributed by atoms with Crippen molar-refractivity contribution in [1.29, 1.82) is 0 Å². The third-order valence-corrected chi connectivity index (χ3v) is 11.7. The second kappa shape index (κ2) is 16.1. The Labute approximate surface area is 320 Å². The maximum absolute atomic E-state index is 14.4. The van der Waals surface area contributed by atoms with Crippen LogP contribution in [0.2, 0.25) is 0 Å². The molecular formula is C38H50FN5O10S. The number of allylic oxidation sites excluding steroid dienone is 2. The van der Waals surface area contributed by atoms with Crippen LogP contribution >= 0.6 is 0 Å². The van der Waals surface area contributed by atoms with Gasteiger partial charge in [0.2, 0.25) is 21.8 Å². The van der Waals surface area contributed by atoms with Gasteiger partial charge in [-0.2, -0.15) is 0 Å². The maximum atomic E-state index is 14.4. The quantitative estimate of drug-likeness (QED) is 0.186. The number of ketones is 1. The van der Waals surface area contributed by atoms with Crippen LogP contribution in [0.4, 0.5) is 14.0 Å². The van der Waals surface area contributed by atoms with Crippen molar-refractivity contribution < 1.29 is 51.0 Å². The lowest BCUT2D eigenvalue weighted by Gasteiger charge is -2.30. The van der Waals surface area contributed by atoms with Gasteiger partial charge in [0.1, 0.15) is 35.1 Å². The maximum Gasteiger partial charge on any atom is 0.410 e. The fourth-order valence-corrected chi connectivity index (χ4v) is 8.06. The van der Waals surface area contributed by atoms with Gasteiger partial charge in [-0.15, -0.1) is 6.58 Å². The average molecular weight is 788 g/mol. The Morgan fingerprint density at radius 2 is 1.82 bits per heavy atom. The van der Waals surface area contributed by atoms with Crippen molar-refractivity contribution in [3.05, 3.63) is 60.0 Å². The van der Waals surface area contributed by atoms with E-state index < -0.39 is 86.2 Å². The first-order chi connectivity index (χ1) is 25.7. The molecule has 4 aliphatic rings. The second-order valence-electron chi connectivity index (χ2n) is 16.0. The topological polar surface area (TPSA) is 198 Å². The summed E-state index contributed by atoms with van der Waals surface area (Å²) in [5.74, 6) is -3.86. The Morgan fingerprint density at radius 1 is 1.11 bits per heavy atom. The molecule has 17 heteroatoms. The molecule has 2 heterocycles. The van der Waals surface area contributed by atoms with Gasteiger partial charge in [0.15, 0.2) is 5.78 Å². The monoisotopic (exact) mass is 787 g/mol. The van der Waals surface area contributed by atoms with Gasteiger partial charge in [0, 0.05) is 30.9 Å². The van der Waals surface area contributed by atoms with E-state index in [2.05, 4.69) is 21.9 Å². The van der Waals surface area contributed by atoms with Gasteiger partial charge in [-0.1, -0.05) is 38.1 Å². The average Bonchev–Trinajstić information content (AvgIpc) is 3.98. The largest absolute Gasteiger partial charge is 0.444 e. The summed E-state index contributed by atoms with van der Waals surface area (Å²) in [5, 5.41) is 4.49. The molecule has 0 radical (unpaired) electrons. The van der Waals surface area contributed by atoms with Crippen molar-refractivity contribution >= 4 is 45.7 Å². The van der Waals surface area contributed by atoms with Crippen molar-refractivity contribution in [2.45, 2.75) is 121 Å². The first-order valence-corrected chi connectivity index (χ1v) is 20.0. The predicted molar refractivity (Wildman–Crippen MR) is 197 cm³/mol. The van der Waals surface area contributed by atoms with Crippen molar-refractivity contribution in [3.8, 4) is 0 Å². The third-order valence-electron chi connectivity index (χ3n) is 9.88. The summed E-state index contributed by atoms with van der Waals surface area (Å²) in [6.45, 7) is 12.1. The molecule has 0 bridgehead atoms. The lowest BCUT2D eigenvalue weighted by Crippen LogP contribution is -2.58. The summed E-state index contributed by atoms with van der Waals surface area (Å²) in [6.07, 6.45) is 2.01. The number of sulfonamides is 1. The zero-order valence-electron chi connectivity index (χ0n) is 31.8. The molecule has 2 aliphatic carbocycles. The van der Waals surface area contributed by atoms with Gasteiger partial charge in [-0.25, -0.2) is 22.4 Å². The molecule has 0 spiro atoms. The lowest BCUT2D eigenvalue weighted by atomic mass is 10.0. The summed E-state index contributed by atoms with van der Waals surface area (Å²) < 4.78 is 53.0. The highest BCUT2D eigenvalue weighted by Gasteiger charge is 2.62. The predicted octanol–water partition coefficient (Wildman–Crippen LogP) is 3.37. The number of hydrogen-bond donors (Lipinski definition) is 3. The van der Waals surface area contributed by atoms with Crippen LogP contribution < -0.4 is 15.4 Å². The second-order valence-corrected chi connectivity index (χ2v) is 17.9. The van der Waals surface area contributed by atoms with Crippen LogP contribution in [0, 0.1) is 17.7 Å². The van der Waals surface area contributed by atoms with Crippen molar-refractivity contribution in [2.24, 2.45) is 11.8 Å². The Balaban J connectivity index is 1.39. The number of carbonyl (C=O) groups is 6. The lowest BCUT2D eigenvalue weighted by molar-refractivity contribution is -0.141. The Bertz CT molecular complexity index is 1870. The number of fused-ring (bicyclic) bond motifs is 1. The third kappa shape index (κ3) is 10.1. The normalized spacial score (nSPS) is 23.9. The molecule has 3 N–H and O–H groups in total. The van der Waals surface area contributed by atoms with E-state index in [0.29, 0.717) is 24.0 Å². The fraction of sp³-hybridized carbons (Fsp3) is 0.579. The molecule has 300 valence electrons. The van der Waals surface area contributed by atoms with E-state index in [0.717, 1.165) is 4.90 Å². The number of nitrogens with one attached hydrogen (secondary N) is 3. The molecule has 15 nitrogen and oxygen atoms in total. The molecule has 1 aromatic carbocycles. The van der Waals surface area contributed by atoms with E-state index in [1.165, 1.54) is 29.2 Å². The number of ether oxygens (including phenoxy) is 2. The molecule has 5 rings (SSSR count). The number of hydrogen-bond acceptors (Lipinski definition) is 10. The summed E-state index contributed by atoms with van der Waals surface area (Å²) in [6, 6.07) is 1.79. The number of alkyl carbamates (subject to hydrolysis) is 1. The first-order valence-electron chi connectivity index (χ1n) is 18.5. The van der Waals surface area contributed by atoms with E-state index in [1.807, 2.05) is 13.8 Å². The van der Waals surface area contributed by atoms with Crippen LogP contribution in [0.1, 0.15) is 84.3 Å². The highest BCUT2D eigenvalue weighted by Crippen LogP contribution is 2.45. The van der Waals surface area contributed by atoms with E-state index in [9.17, 15) is 41.6 Å². The molecule has 5 atom stereocenters. The molecule has 1 aromatic rings. The minimum Gasteiger partial charge on any atom is -0.444 e. The van der Waals surface area contributed by atoms with Gasteiger partial charge in [-0.3, -0.25) is 28.8 Å². The zero-order chi connectivity index (χ0) is 40.5. The SMILES string of the molecule is C=C[C@@H]1C[C@]1(NC(=O)[C@@H]1C[C@@H](OC(=O)N2Cc3cccc(F)c3C2)CN1C(=O)[C@H](CCC(=O)/C=C/C(C)C)NC(=O)OC(C)(C)C)C(=O)NS(=O)(=O)C1CC1. The number of nitrogens with zero attached hydrogens (tertiary/aromatic N) is 2. The number of rotatable bonds is 14. The summed E-state index contributed by atoms with van der Waals surface area (Å²) in [5.41, 5.74) is -1.64. The molecule has 2 aliphatic heterocycles. The van der Waals surface area contributed by atoms with Crippen LogP contribution in [-0.2, 0) is 51.8 Å². The van der Waals surface area contributed by atoms with Crippen LogP contribution in [0.25, 0.3) is 0 Å². The summed E-state index contributed by atoms with van der Waals surface area (Å²) >= 11 is 0. The van der Waals surface area contributed by atoms with Crippen LogP contribution in [0.15, 0.2) is 43.0 Å². The minimum absolute atomic E-state index is 0.0499. The van der Waals surface area contributed by atoms with E-state index >= 15 is 0 Å². The first kappa shape index (κ1) is 41.4. The highest BCUT2D eigenvalue weighted by atomic mass is 32.2. The Hall–Kier alpha value is -4.80. The Morgan fingerprint density at radius 3 is 2.42 bits per heavy atom. The van der Waals surface area contributed by atoms with Crippen molar-refractivity contribution in [3.63, 3.8) is 0 Å². The van der Waals surface area contributed by atoms with Gasteiger partial charge in [0.05, 0.1) is 18.3 Å². The number of amides is 5. The number of halogens is 1. The van der Waals surface area contributed by atoms with Gasteiger partial charge < -0.3 is 25.0 Å². The summed E-state index contributed by atoms with van der Waals surface area (Å²) in [7, 11) is -3.97. The fourth-order valence-electron chi connectivity index (χ4n) is 6.70.